The summed E-state index contributed by atoms with van der Waals surface area (Å²) in [5, 5.41) is 4.54. The minimum Gasteiger partial charge on any atom is -0.256 e. The molecule has 0 unspecified atom stereocenters. The number of hydrogen-bond donors (Lipinski definition) is 0. The Hall–Kier alpha value is -3.20. The number of para-hydroxylation sites is 1. The zero-order valence-electron chi connectivity index (χ0n) is 13.2. The average molecular weight is 311 g/mol. The minimum absolute atomic E-state index is 0.885. The maximum Gasteiger partial charge on any atom is 0.0733 e. The molecule has 0 saturated heterocycles. The average Bonchev–Trinajstić information content (AvgIpc) is 3.14. The van der Waals surface area contributed by atoms with E-state index in [1.165, 1.54) is 11.1 Å². The number of hydrogen-bond acceptors (Lipinski definition) is 2. The minimum atomic E-state index is 0.885. The van der Waals surface area contributed by atoms with E-state index in [2.05, 4.69) is 52.5 Å². The number of pyridine rings is 1. The molecule has 4 rings (SSSR count). The van der Waals surface area contributed by atoms with Gasteiger partial charge in [0.25, 0.3) is 0 Å². The predicted molar refractivity (Wildman–Crippen MR) is 96.0 cm³/mol. The summed E-state index contributed by atoms with van der Waals surface area (Å²) < 4.78 is 1.93. The van der Waals surface area contributed by atoms with Gasteiger partial charge in [-0.2, -0.15) is 5.10 Å². The summed E-state index contributed by atoms with van der Waals surface area (Å²) in [4.78, 5) is 4.39. The van der Waals surface area contributed by atoms with E-state index in [-0.39, 0.29) is 0 Å². The molecule has 0 bridgehead atoms. The summed E-state index contributed by atoms with van der Waals surface area (Å²) in [5.41, 5.74) is 5.60. The van der Waals surface area contributed by atoms with Crippen LogP contribution in [0.15, 0.2) is 91.4 Å². The molecule has 2 heterocycles. The highest BCUT2D eigenvalue weighted by atomic mass is 15.3. The molecule has 0 aliphatic rings. The third kappa shape index (κ3) is 2.97. The molecule has 0 N–H and O–H groups in total. The van der Waals surface area contributed by atoms with Crippen LogP contribution >= 0.6 is 0 Å². The monoisotopic (exact) mass is 311 g/mol. The van der Waals surface area contributed by atoms with Gasteiger partial charge in [0.15, 0.2) is 0 Å². The highest BCUT2D eigenvalue weighted by Crippen LogP contribution is 2.21. The molecule has 0 fully saturated rings. The van der Waals surface area contributed by atoms with Crippen molar-refractivity contribution < 1.29 is 0 Å². The van der Waals surface area contributed by atoms with Gasteiger partial charge in [0.1, 0.15) is 0 Å². The van der Waals surface area contributed by atoms with Gasteiger partial charge in [-0.1, -0.05) is 54.6 Å². The van der Waals surface area contributed by atoms with E-state index in [0.717, 1.165) is 23.4 Å². The van der Waals surface area contributed by atoms with Crippen molar-refractivity contribution in [1.29, 1.82) is 0 Å². The van der Waals surface area contributed by atoms with Gasteiger partial charge in [-0.3, -0.25) is 4.98 Å². The molecule has 0 spiro atoms. The molecule has 4 aromatic rings. The fourth-order valence-corrected chi connectivity index (χ4v) is 2.82. The second kappa shape index (κ2) is 6.50. The molecule has 2 aromatic carbocycles. The van der Waals surface area contributed by atoms with Crippen LogP contribution in [-0.2, 0) is 6.42 Å². The first kappa shape index (κ1) is 14.4. The summed E-state index contributed by atoms with van der Waals surface area (Å²) in [5.74, 6) is 0. The van der Waals surface area contributed by atoms with Crippen molar-refractivity contribution in [2.45, 2.75) is 6.42 Å². The Balaban J connectivity index is 1.69. The number of aromatic nitrogens is 3. The highest BCUT2D eigenvalue weighted by molar-refractivity contribution is 5.57. The SMILES string of the molecule is c1ccc(Cc2ccccc2-n2cc(-c3ccccn3)cn2)cc1. The van der Waals surface area contributed by atoms with Crippen molar-refractivity contribution in [3.8, 4) is 16.9 Å². The Morgan fingerprint density at radius 2 is 1.58 bits per heavy atom. The Kier molecular flexibility index (Phi) is 3.90. The quantitative estimate of drug-likeness (QED) is 0.554. The molecule has 0 aliphatic heterocycles. The van der Waals surface area contributed by atoms with E-state index < -0.39 is 0 Å². The van der Waals surface area contributed by atoms with Gasteiger partial charge < -0.3 is 0 Å². The van der Waals surface area contributed by atoms with E-state index in [1.807, 2.05) is 47.4 Å². The Bertz CT molecular complexity index is 927. The first-order valence-corrected chi connectivity index (χ1v) is 7.98. The lowest BCUT2D eigenvalue weighted by Crippen LogP contribution is -2.00. The Labute approximate surface area is 141 Å². The van der Waals surface area contributed by atoms with Crippen LogP contribution in [0.5, 0.6) is 0 Å². The first-order valence-electron chi connectivity index (χ1n) is 7.98. The number of nitrogens with zero attached hydrogens (tertiary/aromatic N) is 3. The maximum atomic E-state index is 4.54. The summed E-state index contributed by atoms with van der Waals surface area (Å²) in [6.07, 6.45) is 6.58. The lowest BCUT2D eigenvalue weighted by molar-refractivity contribution is 0.866. The topological polar surface area (TPSA) is 30.7 Å². The molecule has 116 valence electrons. The summed E-state index contributed by atoms with van der Waals surface area (Å²) in [6, 6.07) is 24.8. The fraction of sp³-hybridized carbons (Fsp3) is 0.0476. The van der Waals surface area contributed by atoms with E-state index in [9.17, 15) is 0 Å². The lowest BCUT2D eigenvalue weighted by atomic mass is 10.0. The van der Waals surface area contributed by atoms with Crippen LogP contribution in [0, 0.1) is 0 Å². The largest absolute Gasteiger partial charge is 0.256 e. The van der Waals surface area contributed by atoms with Gasteiger partial charge in [-0.05, 0) is 35.7 Å². The molecule has 0 amide bonds. The van der Waals surface area contributed by atoms with Gasteiger partial charge in [0, 0.05) is 18.0 Å². The summed E-state index contributed by atoms with van der Waals surface area (Å²) >= 11 is 0. The first-order chi connectivity index (χ1) is 11.9. The van der Waals surface area contributed by atoms with Crippen LogP contribution in [0.2, 0.25) is 0 Å². The van der Waals surface area contributed by atoms with Crippen molar-refractivity contribution >= 4 is 0 Å². The van der Waals surface area contributed by atoms with Crippen molar-refractivity contribution in [2.24, 2.45) is 0 Å². The third-order valence-electron chi connectivity index (χ3n) is 4.02. The van der Waals surface area contributed by atoms with Gasteiger partial charge in [-0.25, -0.2) is 4.68 Å². The van der Waals surface area contributed by atoms with Crippen LogP contribution < -0.4 is 0 Å². The Morgan fingerprint density at radius 1 is 0.792 bits per heavy atom. The van der Waals surface area contributed by atoms with Crippen LogP contribution in [0.4, 0.5) is 0 Å². The van der Waals surface area contributed by atoms with Gasteiger partial charge in [-0.15, -0.1) is 0 Å². The lowest BCUT2D eigenvalue weighted by Gasteiger charge is -2.09. The van der Waals surface area contributed by atoms with Crippen molar-refractivity contribution in [3.05, 3.63) is 103 Å². The highest BCUT2D eigenvalue weighted by Gasteiger charge is 2.08. The van der Waals surface area contributed by atoms with Gasteiger partial charge in [0.2, 0.25) is 0 Å². The van der Waals surface area contributed by atoms with Crippen LogP contribution in [-0.4, -0.2) is 14.8 Å². The van der Waals surface area contributed by atoms with Crippen LogP contribution in [0.25, 0.3) is 16.9 Å². The molecular formula is C21H17N3. The summed E-state index contributed by atoms with van der Waals surface area (Å²) in [7, 11) is 0. The van der Waals surface area contributed by atoms with E-state index in [1.54, 1.807) is 6.20 Å². The molecule has 0 saturated carbocycles. The summed E-state index contributed by atoms with van der Waals surface area (Å²) in [6.45, 7) is 0. The molecule has 3 heteroatoms. The Morgan fingerprint density at radius 3 is 2.42 bits per heavy atom. The zero-order chi connectivity index (χ0) is 16.2. The van der Waals surface area contributed by atoms with Crippen molar-refractivity contribution in [3.63, 3.8) is 0 Å². The molecule has 24 heavy (non-hydrogen) atoms. The zero-order valence-corrected chi connectivity index (χ0v) is 13.2. The number of benzene rings is 2. The maximum absolute atomic E-state index is 4.54. The van der Waals surface area contributed by atoms with Gasteiger partial charge in [0.05, 0.1) is 17.6 Å². The van der Waals surface area contributed by atoms with Crippen LogP contribution in [0.1, 0.15) is 11.1 Å². The molecule has 3 nitrogen and oxygen atoms in total. The second-order valence-electron chi connectivity index (χ2n) is 5.68. The molecule has 2 aromatic heterocycles. The normalized spacial score (nSPS) is 10.7. The molecule has 0 radical (unpaired) electrons. The van der Waals surface area contributed by atoms with Crippen molar-refractivity contribution in [2.75, 3.05) is 0 Å². The predicted octanol–water partition coefficient (Wildman–Crippen LogP) is 4.53. The third-order valence-corrected chi connectivity index (χ3v) is 4.02. The second-order valence-corrected chi connectivity index (χ2v) is 5.68. The standard InChI is InChI=1S/C21H17N3/c1-2-8-17(9-3-1)14-18-10-4-5-12-21(18)24-16-19(15-23-24)20-11-6-7-13-22-20/h1-13,15-16H,14H2. The van der Waals surface area contributed by atoms with Crippen molar-refractivity contribution in [1.82, 2.24) is 14.8 Å². The fourth-order valence-electron chi connectivity index (χ4n) is 2.82. The van der Waals surface area contributed by atoms with E-state index >= 15 is 0 Å². The van der Waals surface area contributed by atoms with E-state index in [0.29, 0.717) is 0 Å². The number of rotatable bonds is 4. The van der Waals surface area contributed by atoms with Crippen LogP contribution in [0.3, 0.4) is 0 Å². The smallest absolute Gasteiger partial charge is 0.0733 e. The molecule has 0 aliphatic carbocycles. The molecular weight excluding hydrogens is 294 g/mol. The van der Waals surface area contributed by atoms with E-state index in [4.69, 9.17) is 0 Å². The molecule has 0 atom stereocenters. The van der Waals surface area contributed by atoms with Gasteiger partial charge >= 0.3 is 0 Å².